The third-order valence-electron chi connectivity index (χ3n) is 1.85. The van der Waals surface area contributed by atoms with Crippen LogP contribution in [0.1, 0.15) is 24.3 Å². The maximum Gasteiger partial charge on any atom is 0.0209 e. The lowest BCUT2D eigenvalue weighted by atomic mass is 10.1. The molecule has 1 aromatic carbocycles. The van der Waals surface area contributed by atoms with Crippen molar-refractivity contribution in [1.82, 2.24) is 0 Å². The minimum Gasteiger partial charge on any atom is -0.0577 e. The molecule has 0 heterocycles. The Balaban J connectivity index is 2.28. The van der Waals surface area contributed by atoms with Gasteiger partial charge in [-0.15, -0.1) is 0 Å². The van der Waals surface area contributed by atoms with Gasteiger partial charge in [0, 0.05) is 3.57 Å². The maximum absolute atomic E-state index is 3.21. The van der Waals surface area contributed by atoms with Gasteiger partial charge in [0.2, 0.25) is 0 Å². The van der Waals surface area contributed by atoms with Crippen molar-refractivity contribution in [1.29, 1.82) is 0 Å². The minimum atomic E-state index is 0.869. The fraction of sp³-hybridized carbons (Fsp3) is 0.333. The Kier molecular flexibility index (Phi) is 1.68. The predicted octanol–water partition coefficient (Wildman–Crippen LogP) is 2.97. The molecule has 1 aliphatic carbocycles. The second-order valence-corrected chi connectivity index (χ2v) is 3.91. The van der Waals surface area contributed by atoms with Crippen molar-refractivity contribution >= 4 is 22.6 Å². The first-order valence-corrected chi connectivity index (χ1v) is 4.61. The summed E-state index contributed by atoms with van der Waals surface area (Å²) in [4.78, 5) is 0. The van der Waals surface area contributed by atoms with Gasteiger partial charge in [-0.3, -0.25) is 0 Å². The molecule has 0 aliphatic heterocycles. The maximum atomic E-state index is 3.21. The van der Waals surface area contributed by atoms with E-state index in [9.17, 15) is 0 Å². The van der Waals surface area contributed by atoms with E-state index in [0.717, 1.165) is 5.92 Å². The van der Waals surface area contributed by atoms with E-state index < -0.39 is 0 Å². The molecule has 0 N–H and O–H groups in total. The third kappa shape index (κ3) is 1.34. The summed E-state index contributed by atoms with van der Waals surface area (Å²) < 4.78 is 1.21. The summed E-state index contributed by atoms with van der Waals surface area (Å²) in [6.45, 7) is 0. The Hall–Kier alpha value is -0.0500. The SMILES string of the molecule is Ic1[c]cc(C2CC2)cc1. The molecular weight excluding hydrogens is 235 g/mol. The molecular formula is C9H8I. The van der Waals surface area contributed by atoms with Crippen molar-refractivity contribution in [2.45, 2.75) is 18.8 Å². The van der Waals surface area contributed by atoms with Crippen LogP contribution >= 0.6 is 22.6 Å². The van der Waals surface area contributed by atoms with E-state index in [2.05, 4.69) is 46.9 Å². The highest BCUT2D eigenvalue weighted by molar-refractivity contribution is 14.1. The van der Waals surface area contributed by atoms with Crippen LogP contribution in [-0.4, -0.2) is 0 Å². The molecule has 0 atom stereocenters. The average Bonchev–Trinajstić information content (AvgIpc) is 2.71. The molecule has 0 spiro atoms. The molecule has 1 radical (unpaired) electrons. The lowest BCUT2D eigenvalue weighted by molar-refractivity contribution is 1.13. The Bertz CT molecular complexity index is 221. The molecule has 1 heteroatoms. The number of halogens is 1. The molecule has 0 nitrogen and oxygen atoms in total. The van der Waals surface area contributed by atoms with Crippen LogP contribution in [0.15, 0.2) is 18.2 Å². The van der Waals surface area contributed by atoms with Gasteiger partial charge in [-0.1, -0.05) is 6.07 Å². The molecule has 0 amide bonds. The van der Waals surface area contributed by atoms with E-state index in [0.29, 0.717) is 0 Å². The summed E-state index contributed by atoms with van der Waals surface area (Å²) in [5.74, 6) is 0.869. The Labute approximate surface area is 74.8 Å². The topological polar surface area (TPSA) is 0 Å². The molecule has 10 heavy (non-hydrogen) atoms. The number of rotatable bonds is 1. The third-order valence-corrected chi connectivity index (χ3v) is 2.52. The van der Waals surface area contributed by atoms with Crippen molar-refractivity contribution < 1.29 is 0 Å². The predicted molar refractivity (Wildman–Crippen MR) is 50.0 cm³/mol. The zero-order valence-corrected chi connectivity index (χ0v) is 7.76. The summed E-state index contributed by atoms with van der Waals surface area (Å²) in [5, 5.41) is 0. The van der Waals surface area contributed by atoms with Crippen LogP contribution < -0.4 is 0 Å². The van der Waals surface area contributed by atoms with Gasteiger partial charge >= 0.3 is 0 Å². The van der Waals surface area contributed by atoms with Crippen LogP contribution in [0.3, 0.4) is 0 Å². The monoisotopic (exact) mass is 243 g/mol. The molecule has 0 unspecified atom stereocenters. The van der Waals surface area contributed by atoms with Crippen LogP contribution in [0.2, 0.25) is 0 Å². The van der Waals surface area contributed by atoms with Gasteiger partial charge in [0.25, 0.3) is 0 Å². The first-order valence-electron chi connectivity index (χ1n) is 3.53. The lowest BCUT2D eigenvalue weighted by Gasteiger charge is -1.94. The van der Waals surface area contributed by atoms with Crippen molar-refractivity contribution in [2.75, 3.05) is 0 Å². The molecule has 51 valence electrons. The molecule has 2 rings (SSSR count). The lowest BCUT2D eigenvalue weighted by Crippen LogP contribution is -1.78. The second-order valence-electron chi connectivity index (χ2n) is 2.74. The first-order chi connectivity index (χ1) is 4.86. The quantitative estimate of drug-likeness (QED) is 0.665. The first kappa shape index (κ1) is 6.65. The molecule has 1 aliphatic rings. The number of hydrogen-bond acceptors (Lipinski definition) is 0. The zero-order chi connectivity index (χ0) is 6.97. The standard InChI is InChI=1S/C9H8I/c10-9-5-3-8(4-6-9)7-1-2-7/h3-5,7H,1-2H2. The smallest absolute Gasteiger partial charge is 0.0209 e. The largest absolute Gasteiger partial charge is 0.0577 e. The van der Waals surface area contributed by atoms with E-state index in [-0.39, 0.29) is 0 Å². The Morgan fingerprint density at radius 3 is 2.70 bits per heavy atom. The van der Waals surface area contributed by atoms with Gasteiger partial charge < -0.3 is 0 Å². The Morgan fingerprint density at radius 2 is 2.20 bits per heavy atom. The summed E-state index contributed by atoms with van der Waals surface area (Å²) in [6, 6.07) is 9.68. The van der Waals surface area contributed by atoms with E-state index in [1.165, 1.54) is 22.0 Å². The van der Waals surface area contributed by atoms with Crippen LogP contribution in [0.5, 0.6) is 0 Å². The fourth-order valence-electron chi connectivity index (χ4n) is 1.09. The van der Waals surface area contributed by atoms with E-state index in [4.69, 9.17) is 0 Å². The zero-order valence-electron chi connectivity index (χ0n) is 5.60. The normalized spacial score (nSPS) is 17.3. The van der Waals surface area contributed by atoms with Gasteiger partial charge in [-0.05, 0) is 65.1 Å². The van der Waals surface area contributed by atoms with Gasteiger partial charge in [0.1, 0.15) is 0 Å². The van der Waals surface area contributed by atoms with Crippen LogP contribution in [0.4, 0.5) is 0 Å². The highest BCUT2D eigenvalue weighted by Gasteiger charge is 2.22. The second kappa shape index (κ2) is 2.53. The molecule has 1 aromatic rings. The number of hydrogen-bond donors (Lipinski definition) is 0. The minimum absolute atomic E-state index is 0.869. The molecule has 1 fully saturated rings. The highest BCUT2D eigenvalue weighted by Crippen LogP contribution is 2.39. The van der Waals surface area contributed by atoms with Gasteiger partial charge in [-0.25, -0.2) is 0 Å². The van der Waals surface area contributed by atoms with Gasteiger partial charge in [-0.2, -0.15) is 0 Å². The van der Waals surface area contributed by atoms with E-state index in [1.54, 1.807) is 0 Å². The summed E-state index contributed by atoms with van der Waals surface area (Å²) in [7, 11) is 0. The summed E-state index contributed by atoms with van der Waals surface area (Å²) >= 11 is 2.28. The van der Waals surface area contributed by atoms with Crippen molar-refractivity contribution in [2.24, 2.45) is 0 Å². The van der Waals surface area contributed by atoms with Crippen molar-refractivity contribution in [3.8, 4) is 0 Å². The highest BCUT2D eigenvalue weighted by atomic mass is 127. The van der Waals surface area contributed by atoms with E-state index in [1.807, 2.05) is 0 Å². The average molecular weight is 243 g/mol. The van der Waals surface area contributed by atoms with Crippen LogP contribution in [0, 0.1) is 9.64 Å². The molecule has 0 bridgehead atoms. The van der Waals surface area contributed by atoms with Gasteiger partial charge in [0.05, 0.1) is 0 Å². The molecule has 0 aromatic heterocycles. The van der Waals surface area contributed by atoms with Crippen LogP contribution in [-0.2, 0) is 0 Å². The van der Waals surface area contributed by atoms with E-state index >= 15 is 0 Å². The van der Waals surface area contributed by atoms with Gasteiger partial charge in [0.15, 0.2) is 0 Å². The molecule has 0 saturated heterocycles. The molecule has 1 saturated carbocycles. The number of benzene rings is 1. The van der Waals surface area contributed by atoms with Crippen molar-refractivity contribution in [3.63, 3.8) is 0 Å². The Morgan fingerprint density at radius 1 is 1.40 bits per heavy atom. The summed E-state index contributed by atoms with van der Waals surface area (Å²) in [6.07, 6.45) is 2.77. The fourth-order valence-corrected chi connectivity index (χ4v) is 1.42. The van der Waals surface area contributed by atoms with Crippen LogP contribution in [0.25, 0.3) is 0 Å². The van der Waals surface area contributed by atoms with Crippen molar-refractivity contribution in [3.05, 3.63) is 33.4 Å². The summed E-state index contributed by atoms with van der Waals surface area (Å²) in [5.41, 5.74) is 1.47.